The Bertz CT molecular complexity index is 773. The van der Waals surface area contributed by atoms with Crippen molar-refractivity contribution >= 4 is 17.3 Å². The van der Waals surface area contributed by atoms with Crippen molar-refractivity contribution in [1.82, 2.24) is 0 Å². The number of nitrogens with zero attached hydrogens (tertiary/aromatic N) is 1. The number of hydrogen-bond donors (Lipinski definition) is 1. The predicted molar refractivity (Wildman–Crippen MR) is 98.1 cm³/mol. The second-order valence-electron chi connectivity index (χ2n) is 6.38. The summed E-state index contributed by atoms with van der Waals surface area (Å²) >= 11 is 0. The second-order valence-corrected chi connectivity index (χ2v) is 6.38. The van der Waals surface area contributed by atoms with E-state index in [-0.39, 0.29) is 24.6 Å². The summed E-state index contributed by atoms with van der Waals surface area (Å²) < 4.78 is 44.6. The van der Waals surface area contributed by atoms with Gasteiger partial charge in [0.15, 0.2) is 0 Å². The minimum atomic E-state index is -4.46. The number of benzene rings is 2. The molecule has 0 radical (unpaired) electrons. The standard InChI is InChI=1S/C20H21F3N2O2/c21-20(22,23)15-8-9-18(25-11-4-5-12-25)17(14-15)24-19(26)10-13-27-16-6-2-1-3-7-16/h1-3,6-9,14H,4-5,10-13H2,(H,24,26). The zero-order valence-corrected chi connectivity index (χ0v) is 14.8. The van der Waals surface area contributed by atoms with Gasteiger partial charge in [-0.2, -0.15) is 13.2 Å². The van der Waals surface area contributed by atoms with Crippen molar-refractivity contribution < 1.29 is 22.7 Å². The van der Waals surface area contributed by atoms with Gasteiger partial charge in [0.1, 0.15) is 5.75 Å². The molecule has 0 atom stereocenters. The molecule has 0 aromatic heterocycles. The molecular weight excluding hydrogens is 357 g/mol. The van der Waals surface area contributed by atoms with Gasteiger partial charge in [0.2, 0.25) is 5.91 Å². The van der Waals surface area contributed by atoms with Crippen molar-refractivity contribution in [2.75, 3.05) is 29.9 Å². The van der Waals surface area contributed by atoms with E-state index >= 15 is 0 Å². The molecule has 3 rings (SSSR count). The Balaban J connectivity index is 1.68. The van der Waals surface area contributed by atoms with Crippen LogP contribution in [0, 0.1) is 0 Å². The lowest BCUT2D eigenvalue weighted by Gasteiger charge is -2.23. The number of alkyl halides is 3. The number of ether oxygens (including phenoxy) is 1. The number of amides is 1. The summed E-state index contributed by atoms with van der Waals surface area (Å²) in [5, 5.41) is 2.63. The predicted octanol–water partition coefficient (Wildman–Crippen LogP) is 4.71. The summed E-state index contributed by atoms with van der Waals surface area (Å²) in [5.41, 5.74) is 0.0375. The van der Waals surface area contributed by atoms with E-state index in [0.717, 1.165) is 38.1 Å². The van der Waals surface area contributed by atoms with Crippen LogP contribution in [0.2, 0.25) is 0 Å². The molecular formula is C20H21F3N2O2. The van der Waals surface area contributed by atoms with Crippen LogP contribution in [0.3, 0.4) is 0 Å². The maximum absolute atomic E-state index is 13.1. The Morgan fingerprint density at radius 2 is 1.78 bits per heavy atom. The molecule has 1 saturated heterocycles. The van der Waals surface area contributed by atoms with Gasteiger partial charge in [-0.3, -0.25) is 4.79 Å². The smallest absolute Gasteiger partial charge is 0.416 e. The van der Waals surface area contributed by atoms with Gasteiger partial charge >= 0.3 is 6.18 Å². The summed E-state index contributed by atoms with van der Waals surface area (Å²) in [6.07, 6.45) is -2.44. The van der Waals surface area contributed by atoms with Crippen LogP contribution in [-0.4, -0.2) is 25.6 Å². The summed E-state index contributed by atoms with van der Waals surface area (Å²) in [7, 11) is 0. The summed E-state index contributed by atoms with van der Waals surface area (Å²) in [6.45, 7) is 1.69. The molecule has 0 spiro atoms. The molecule has 1 aliphatic rings. The van der Waals surface area contributed by atoms with E-state index < -0.39 is 11.7 Å². The number of anilines is 2. The fourth-order valence-electron chi connectivity index (χ4n) is 3.04. The first-order valence-corrected chi connectivity index (χ1v) is 8.87. The summed E-state index contributed by atoms with van der Waals surface area (Å²) in [4.78, 5) is 14.2. The van der Waals surface area contributed by atoms with Crippen LogP contribution >= 0.6 is 0 Å². The maximum Gasteiger partial charge on any atom is 0.416 e. The zero-order valence-electron chi connectivity index (χ0n) is 14.8. The first kappa shape index (κ1) is 19.1. The van der Waals surface area contributed by atoms with Crippen LogP contribution in [0.25, 0.3) is 0 Å². The molecule has 2 aromatic rings. The highest BCUT2D eigenvalue weighted by Gasteiger charge is 2.32. The molecule has 1 fully saturated rings. The monoisotopic (exact) mass is 378 g/mol. The lowest BCUT2D eigenvalue weighted by molar-refractivity contribution is -0.137. The van der Waals surface area contributed by atoms with Gasteiger partial charge in [-0.05, 0) is 43.2 Å². The van der Waals surface area contributed by atoms with Crippen molar-refractivity contribution in [2.45, 2.75) is 25.4 Å². The van der Waals surface area contributed by atoms with E-state index in [1.165, 1.54) is 6.07 Å². The highest BCUT2D eigenvalue weighted by atomic mass is 19.4. The van der Waals surface area contributed by atoms with E-state index in [4.69, 9.17) is 4.74 Å². The van der Waals surface area contributed by atoms with E-state index in [1.807, 2.05) is 23.1 Å². The maximum atomic E-state index is 13.1. The average molecular weight is 378 g/mol. The molecule has 0 aliphatic carbocycles. The van der Waals surface area contributed by atoms with Gasteiger partial charge in [0.05, 0.1) is 30.0 Å². The second kappa shape index (κ2) is 8.33. The van der Waals surface area contributed by atoms with E-state index in [9.17, 15) is 18.0 Å². The number of carbonyl (C=O) groups excluding carboxylic acids is 1. The van der Waals surface area contributed by atoms with Crippen LogP contribution in [0.1, 0.15) is 24.8 Å². The SMILES string of the molecule is O=C(CCOc1ccccc1)Nc1cc(C(F)(F)F)ccc1N1CCCC1. The van der Waals surface area contributed by atoms with Gasteiger partial charge < -0.3 is 15.0 Å². The Morgan fingerprint density at radius 3 is 2.44 bits per heavy atom. The fraction of sp³-hybridized carbons (Fsp3) is 0.350. The van der Waals surface area contributed by atoms with E-state index in [0.29, 0.717) is 11.4 Å². The Labute approximate surface area is 155 Å². The molecule has 1 N–H and O–H groups in total. The molecule has 144 valence electrons. The molecule has 0 bridgehead atoms. The Morgan fingerprint density at radius 1 is 1.07 bits per heavy atom. The van der Waals surface area contributed by atoms with Crippen LogP contribution in [0.5, 0.6) is 5.75 Å². The number of halogens is 3. The van der Waals surface area contributed by atoms with Gasteiger partial charge in [0.25, 0.3) is 0 Å². The zero-order chi connectivity index (χ0) is 19.3. The average Bonchev–Trinajstić information content (AvgIpc) is 3.16. The number of rotatable bonds is 6. The van der Waals surface area contributed by atoms with Crippen LogP contribution in [0.15, 0.2) is 48.5 Å². The lowest BCUT2D eigenvalue weighted by atomic mass is 10.1. The van der Waals surface area contributed by atoms with E-state index in [1.54, 1.807) is 12.1 Å². The van der Waals surface area contributed by atoms with Gasteiger partial charge in [-0.15, -0.1) is 0 Å². The Hall–Kier alpha value is -2.70. The molecule has 1 aliphatic heterocycles. The topological polar surface area (TPSA) is 41.6 Å². The van der Waals surface area contributed by atoms with Crippen LogP contribution in [-0.2, 0) is 11.0 Å². The third-order valence-electron chi connectivity index (χ3n) is 4.39. The first-order chi connectivity index (χ1) is 12.9. The minimum absolute atomic E-state index is 0.0462. The number of nitrogens with one attached hydrogen (secondary N) is 1. The number of carbonyl (C=O) groups is 1. The van der Waals surface area contributed by atoms with Crippen molar-refractivity contribution in [1.29, 1.82) is 0 Å². The normalized spacial score (nSPS) is 14.3. The molecule has 1 heterocycles. The molecule has 0 unspecified atom stereocenters. The van der Waals surface area contributed by atoms with Gasteiger partial charge in [0, 0.05) is 13.1 Å². The third kappa shape index (κ3) is 5.15. The molecule has 0 saturated carbocycles. The highest BCUT2D eigenvalue weighted by Crippen LogP contribution is 2.36. The molecule has 2 aromatic carbocycles. The van der Waals surface area contributed by atoms with Crippen LogP contribution in [0.4, 0.5) is 24.5 Å². The number of para-hydroxylation sites is 1. The van der Waals surface area contributed by atoms with Crippen molar-refractivity contribution in [3.8, 4) is 5.75 Å². The third-order valence-corrected chi connectivity index (χ3v) is 4.39. The highest BCUT2D eigenvalue weighted by molar-refractivity contribution is 5.94. The van der Waals surface area contributed by atoms with E-state index in [2.05, 4.69) is 5.32 Å². The first-order valence-electron chi connectivity index (χ1n) is 8.87. The quantitative estimate of drug-likeness (QED) is 0.791. The van der Waals surface area contributed by atoms with Crippen LogP contribution < -0.4 is 15.0 Å². The van der Waals surface area contributed by atoms with Crippen molar-refractivity contribution in [3.63, 3.8) is 0 Å². The summed E-state index contributed by atoms with van der Waals surface area (Å²) in [5.74, 6) is 0.257. The molecule has 7 heteroatoms. The molecule has 4 nitrogen and oxygen atoms in total. The lowest BCUT2D eigenvalue weighted by Crippen LogP contribution is -2.22. The molecule has 27 heavy (non-hydrogen) atoms. The minimum Gasteiger partial charge on any atom is -0.493 e. The largest absolute Gasteiger partial charge is 0.493 e. The summed E-state index contributed by atoms with van der Waals surface area (Å²) in [6, 6.07) is 12.5. The van der Waals surface area contributed by atoms with Gasteiger partial charge in [-0.25, -0.2) is 0 Å². The van der Waals surface area contributed by atoms with Crippen molar-refractivity contribution in [2.24, 2.45) is 0 Å². The van der Waals surface area contributed by atoms with Crippen molar-refractivity contribution in [3.05, 3.63) is 54.1 Å². The number of hydrogen-bond acceptors (Lipinski definition) is 3. The van der Waals surface area contributed by atoms with Gasteiger partial charge in [-0.1, -0.05) is 18.2 Å². The fourth-order valence-corrected chi connectivity index (χ4v) is 3.04. The molecule has 1 amide bonds. The Kier molecular flexibility index (Phi) is 5.88.